The van der Waals surface area contributed by atoms with Crippen LogP contribution in [-0.4, -0.2) is 38.2 Å². The number of carboxylic acids is 3. The zero-order valence-corrected chi connectivity index (χ0v) is 9.47. The zero-order chi connectivity index (χ0) is 13.7. The van der Waals surface area contributed by atoms with Crippen LogP contribution in [0.5, 0.6) is 0 Å². The number of nitrogens with one attached hydrogen (secondary N) is 1. The maximum absolute atomic E-state index is 10.8. The lowest BCUT2D eigenvalue weighted by Gasteiger charge is -2.00. The van der Waals surface area contributed by atoms with Crippen molar-refractivity contribution >= 4 is 17.9 Å². The number of aromatic amines is 1. The molecule has 7 heteroatoms. The molecule has 0 spiro atoms. The molecule has 0 atom stereocenters. The number of aliphatic carboxylic acids is 2. The van der Waals surface area contributed by atoms with E-state index in [2.05, 4.69) is 4.98 Å². The summed E-state index contributed by atoms with van der Waals surface area (Å²) in [6, 6.07) is 1.35. The van der Waals surface area contributed by atoms with Crippen LogP contribution in [0.4, 0.5) is 0 Å². The Morgan fingerprint density at radius 1 is 1.00 bits per heavy atom. The lowest BCUT2D eigenvalue weighted by atomic mass is 10.1. The highest BCUT2D eigenvalue weighted by Crippen LogP contribution is 2.15. The fourth-order valence-electron chi connectivity index (χ4n) is 1.58. The number of carboxylic acid groups (broad SMARTS) is 3. The van der Waals surface area contributed by atoms with Gasteiger partial charge in [-0.2, -0.15) is 0 Å². The Kier molecular flexibility index (Phi) is 4.47. The van der Waals surface area contributed by atoms with Crippen LogP contribution in [-0.2, 0) is 22.4 Å². The Balaban J connectivity index is 2.86. The second-order valence-electron chi connectivity index (χ2n) is 3.78. The Labute approximate surface area is 102 Å². The van der Waals surface area contributed by atoms with E-state index in [1.807, 2.05) is 0 Å². The number of carbonyl (C=O) groups is 3. The summed E-state index contributed by atoms with van der Waals surface area (Å²) < 4.78 is 0. The molecule has 0 aliphatic heterocycles. The largest absolute Gasteiger partial charge is 0.481 e. The van der Waals surface area contributed by atoms with Gasteiger partial charge in [-0.3, -0.25) is 9.59 Å². The molecule has 1 aromatic rings. The molecular weight excluding hydrogens is 242 g/mol. The van der Waals surface area contributed by atoms with Crippen molar-refractivity contribution in [2.45, 2.75) is 25.7 Å². The molecule has 1 rings (SSSR count). The van der Waals surface area contributed by atoms with Crippen molar-refractivity contribution in [3.63, 3.8) is 0 Å². The van der Waals surface area contributed by atoms with Crippen LogP contribution in [0.3, 0.4) is 0 Å². The van der Waals surface area contributed by atoms with Gasteiger partial charge in [-0.1, -0.05) is 0 Å². The SMILES string of the molecule is O=C(O)CCc1cc(C(=O)O)[nH]c1CCC(=O)O. The third-order valence-electron chi connectivity index (χ3n) is 2.42. The molecule has 1 heterocycles. The second-order valence-corrected chi connectivity index (χ2v) is 3.78. The second kappa shape index (κ2) is 5.85. The third kappa shape index (κ3) is 3.93. The monoisotopic (exact) mass is 255 g/mol. The van der Waals surface area contributed by atoms with E-state index < -0.39 is 17.9 Å². The number of aryl methyl sites for hydroxylation is 2. The average Bonchev–Trinajstić information content (AvgIpc) is 2.66. The molecule has 0 aliphatic rings. The van der Waals surface area contributed by atoms with Gasteiger partial charge in [0, 0.05) is 12.1 Å². The van der Waals surface area contributed by atoms with Crippen LogP contribution in [0.1, 0.15) is 34.6 Å². The van der Waals surface area contributed by atoms with Gasteiger partial charge < -0.3 is 20.3 Å². The van der Waals surface area contributed by atoms with Gasteiger partial charge in [0.2, 0.25) is 0 Å². The van der Waals surface area contributed by atoms with E-state index in [4.69, 9.17) is 15.3 Å². The van der Waals surface area contributed by atoms with Crippen molar-refractivity contribution in [1.29, 1.82) is 0 Å². The first-order valence-electron chi connectivity index (χ1n) is 5.27. The van der Waals surface area contributed by atoms with Crippen LogP contribution >= 0.6 is 0 Å². The van der Waals surface area contributed by atoms with E-state index in [1.54, 1.807) is 0 Å². The van der Waals surface area contributed by atoms with Gasteiger partial charge >= 0.3 is 17.9 Å². The minimum Gasteiger partial charge on any atom is -0.481 e. The number of H-pyrrole nitrogens is 1. The number of aromatic carboxylic acids is 1. The summed E-state index contributed by atoms with van der Waals surface area (Å²) in [5, 5.41) is 26.0. The molecule has 98 valence electrons. The highest BCUT2D eigenvalue weighted by molar-refractivity contribution is 5.86. The van der Waals surface area contributed by atoms with Crippen LogP contribution in [0.2, 0.25) is 0 Å². The minimum atomic E-state index is -1.16. The molecule has 0 saturated carbocycles. The molecule has 0 fully saturated rings. The van der Waals surface area contributed by atoms with E-state index in [-0.39, 0.29) is 31.4 Å². The summed E-state index contributed by atoms with van der Waals surface area (Å²) in [5.74, 6) is -3.14. The predicted molar refractivity (Wildman–Crippen MR) is 59.7 cm³/mol. The average molecular weight is 255 g/mol. The van der Waals surface area contributed by atoms with Gasteiger partial charge in [0.15, 0.2) is 0 Å². The minimum absolute atomic E-state index is 0.0595. The van der Waals surface area contributed by atoms with Gasteiger partial charge in [0.25, 0.3) is 0 Å². The van der Waals surface area contributed by atoms with Crippen molar-refractivity contribution in [2.24, 2.45) is 0 Å². The van der Waals surface area contributed by atoms with Gasteiger partial charge in [0.1, 0.15) is 5.69 Å². The maximum Gasteiger partial charge on any atom is 0.352 e. The topological polar surface area (TPSA) is 128 Å². The predicted octanol–water partition coefficient (Wildman–Crippen LogP) is 0.747. The summed E-state index contributed by atoms with van der Waals surface area (Å²) in [6.45, 7) is 0. The third-order valence-corrected chi connectivity index (χ3v) is 2.42. The van der Waals surface area contributed by atoms with E-state index in [1.165, 1.54) is 6.07 Å². The van der Waals surface area contributed by atoms with Crippen molar-refractivity contribution in [3.8, 4) is 0 Å². The van der Waals surface area contributed by atoms with Crippen LogP contribution < -0.4 is 0 Å². The zero-order valence-electron chi connectivity index (χ0n) is 9.47. The number of hydrogen-bond acceptors (Lipinski definition) is 3. The summed E-state index contributed by atoms with van der Waals surface area (Å²) in [7, 11) is 0. The molecule has 7 nitrogen and oxygen atoms in total. The van der Waals surface area contributed by atoms with Crippen molar-refractivity contribution in [3.05, 3.63) is 23.0 Å². The molecule has 0 aromatic carbocycles. The van der Waals surface area contributed by atoms with E-state index in [0.717, 1.165) is 0 Å². The molecular formula is C11H13NO6. The highest BCUT2D eigenvalue weighted by atomic mass is 16.4. The standard InChI is InChI=1S/C11H13NO6/c13-9(14)3-1-6-5-8(11(17)18)12-7(6)2-4-10(15)16/h5,12H,1-4H2,(H,13,14)(H,15,16)(H,17,18). The van der Waals surface area contributed by atoms with Gasteiger partial charge in [0.05, 0.1) is 6.42 Å². The summed E-state index contributed by atoms with van der Waals surface area (Å²) in [5.41, 5.74) is 0.947. The Bertz CT molecular complexity index is 440. The number of aromatic nitrogens is 1. The quantitative estimate of drug-likeness (QED) is 0.569. The molecule has 18 heavy (non-hydrogen) atoms. The van der Waals surface area contributed by atoms with E-state index in [0.29, 0.717) is 11.3 Å². The molecule has 0 bridgehead atoms. The number of hydrogen-bond donors (Lipinski definition) is 4. The molecule has 1 aromatic heterocycles. The molecule has 4 N–H and O–H groups in total. The lowest BCUT2D eigenvalue weighted by Crippen LogP contribution is -2.02. The Hall–Kier alpha value is -2.31. The van der Waals surface area contributed by atoms with Crippen LogP contribution in [0.25, 0.3) is 0 Å². The summed E-state index contributed by atoms with van der Waals surface area (Å²) in [4.78, 5) is 34.3. The highest BCUT2D eigenvalue weighted by Gasteiger charge is 2.14. The van der Waals surface area contributed by atoms with Gasteiger partial charge in [-0.25, -0.2) is 4.79 Å². The lowest BCUT2D eigenvalue weighted by molar-refractivity contribution is -0.138. The summed E-state index contributed by atoms with van der Waals surface area (Å²) >= 11 is 0. The molecule has 0 aliphatic carbocycles. The van der Waals surface area contributed by atoms with Crippen LogP contribution in [0, 0.1) is 0 Å². The molecule has 0 radical (unpaired) electrons. The fraction of sp³-hybridized carbons (Fsp3) is 0.364. The molecule has 0 amide bonds. The first-order chi connectivity index (χ1) is 8.40. The van der Waals surface area contributed by atoms with E-state index >= 15 is 0 Å². The first-order valence-corrected chi connectivity index (χ1v) is 5.27. The fourth-order valence-corrected chi connectivity index (χ4v) is 1.58. The van der Waals surface area contributed by atoms with Gasteiger partial charge in [-0.15, -0.1) is 0 Å². The molecule has 0 saturated heterocycles. The maximum atomic E-state index is 10.8. The van der Waals surface area contributed by atoms with Crippen molar-refractivity contribution in [1.82, 2.24) is 4.98 Å². The normalized spacial score (nSPS) is 10.2. The first kappa shape index (κ1) is 13.8. The molecule has 0 unspecified atom stereocenters. The van der Waals surface area contributed by atoms with Crippen molar-refractivity contribution in [2.75, 3.05) is 0 Å². The van der Waals surface area contributed by atoms with Crippen molar-refractivity contribution < 1.29 is 29.7 Å². The van der Waals surface area contributed by atoms with Crippen LogP contribution in [0.15, 0.2) is 6.07 Å². The Morgan fingerprint density at radius 2 is 1.56 bits per heavy atom. The number of rotatable bonds is 7. The van der Waals surface area contributed by atoms with E-state index in [9.17, 15) is 14.4 Å². The smallest absolute Gasteiger partial charge is 0.352 e. The Morgan fingerprint density at radius 3 is 2.06 bits per heavy atom. The van der Waals surface area contributed by atoms with Gasteiger partial charge in [-0.05, 0) is 24.5 Å². The summed E-state index contributed by atoms with van der Waals surface area (Å²) in [6.07, 6.45) is 0.0578.